The zero-order chi connectivity index (χ0) is 18.1. The fourth-order valence-corrected chi connectivity index (χ4v) is 2.47. The minimum absolute atomic E-state index is 0.216. The number of hydrogen-bond acceptors (Lipinski definition) is 5. The molecule has 0 fully saturated rings. The molecular formula is C19H32N2O3. The summed E-state index contributed by atoms with van der Waals surface area (Å²) in [5.74, 6) is 0.674. The number of likely N-dealkylation sites (N-methyl/N-ethyl adjacent to an activating group) is 1. The summed E-state index contributed by atoms with van der Waals surface area (Å²) in [6.45, 7) is 10.3. The minimum atomic E-state index is -0.362. The number of rotatable bonds is 10. The van der Waals surface area contributed by atoms with Crippen LogP contribution in [-0.4, -0.2) is 43.7 Å². The molecule has 0 saturated heterocycles. The highest BCUT2D eigenvalue weighted by molar-refractivity contribution is 5.93. The van der Waals surface area contributed by atoms with Gasteiger partial charge in [0.25, 0.3) is 0 Å². The molecule has 0 heterocycles. The number of hydrogen-bond donors (Lipinski definition) is 1. The third-order valence-corrected chi connectivity index (χ3v) is 3.96. The molecule has 0 saturated carbocycles. The number of ether oxygens (including phenoxy) is 2. The Kier molecular flexibility index (Phi) is 8.61. The Labute approximate surface area is 146 Å². The molecule has 0 unspecified atom stereocenters. The largest absolute Gasteiger partial charge is 0.493 e. The Balaban J connectivity index is 2.79. The molecule has 24 heavy (non-hydrogen) atoms. The molecular weight excluding hydrogens is 304 g/mol. The van der Waals surface area contributed by atoms with Crippen molar-refractivity contribution in [1.29, 1.82) is 0 Å². The van der Waals surface area contributed by atoms with Gasteiger partial charge >= 0.3 is 5.97 Å². The van der Waals surface area contributed by atoms with Crippen LogP contribution in [0.1, 0.15) is 50.9 Å². The van der Waals surface area contributed by atoms with Gasteiger partial charge in [0.1, 0.15) is 17.9 Å². The molecule has 2 N–H and O–H groups in total. The summed E-state index contributed by atoms with van der Waals surface area (Å²) < 4.78 is 11.2. The van der Waals surface area contributed by atoms with E-state index >= 15 is 0 Å². The lowest BCUT2D eigenvalue weighted by Crippen LogP contribution is -2.37. The molecule has 1 rings (SSSR count). The zero-order valence-electron chi connectivity index (χ0n) is 15.7. The van der Waals surface area contributed by atoms with Gasteiger partial charge in [0.2, 0.25) is 0 Å². The molecule has 1 aromatic rings. The Morgan fingerprint density at radius 3 is 2.58 bits per heavy atom. The smallest absolute Gasteiger partial charge is 0.341 e. The van der Waals surface area contributed by atoms with Crippen LogP contribution >= 0.6 is 0 Å². The van der Waals surface area contributed by atoms with E-state index in [1.54, 1.807) is 18.2 Å². The Bertz CT molecular complexity index is 517. The Hall–Kier alpha value is -1.75. The summed E-state index contributed by atoms with van der Waals surface area (Å²) in [5, 5.41) is 0. The lowest BCUT2D eigenvalue weighted by molar-refractivity contribution is 0.0354. The lowest BCUT2D eigenvalue weighted by atomic mass is 10.0. The highest BCUT2D eigenvalue weighted by Crippen LogP contribution is 2.23. The first-order valence-electron chi connectivity index (χ1n) is 8.78. The number of carbonyl (C=O) groups excluding carboxylic acids is 1. The minimum Gasteiger partial charge on any atom is -0.493 e. The third-order valence-electron chi connectivity index (χ3n) is 3.96. The number of nitrogens with two attached hydrogens (primary N) is 1. The van der Waals surface area contributed by atoms with E-state index < -0.39 is 0 Å². The summed E-state index contributed by atoms with van der Waals surface area (Å²) >= 11 is 0. The van der Waals surface area contributed by atoms with E-state index in [1.807, 2.05) is 6.92 Å². The zero-order valence-corrected chi connectivity index (χ0v) is 15.7. The summed E-state index contributed by atoms with van der Waals surface area (Å²) in [6.07, 6.45) is 1.85. The summed E-state index contributed by atoms with van der Waals surface area (Å²) in [6, 6.07) is 5.26. The molecule has 0 spiro atoms. The van der Waals surface area contributed by atoms with Crippen molar-refractivity contribution in [3.05, 3.63) is 23.8 Å². The summed E-state index contributed by atoms with van der Waals surface area (Å²) in [4.78, 5) is 14.7. The van der Waals surface area contributed by atoms with E-state index in [2.05, 4.69) is 32.7 Å². The molecule has 1 aromatic carbocycles. The fourth-order valence-electron chi connectivity index (χ4n) is 2.47. The lowest BCUT2D eigenvalue weighted by Gasteiger charge is -2.28. The molecule has 0 aliphatic rings. The first kappa shape index (κ1) is 20.3. The number of esters is 1. The van der Waals surface area contributed by atoms with Crippen LogP contribution in [-0.2, 0) is 4.74 Å². The first-order chi connectivity index (χ1) is 11.4. The summed E-state index contributed by atoms with van der Waals surface area (Å²) in [5.41, 5.74) is 6.80. The van der Waals surface area contributed by atoms with Gasteiger partial charge in [-0.05, 0) is 44.5 Å². The van der Waals surface area contributed by atoms with Crippen molar-refractivity contribution >= 4 is 11.7 Å². The van der Waals surface area contributed by atoms with Gasteiger partial charge in [-0.2, -0.15) is 0 Å². The van der Waals surface area contributed by atoms with Crippen LogP contribution in [0, 0.1) is 5.92 Å². The molecule has 0 aliphatic carbocycles. The maximum atomic E-state index is 12.5. The number of carbonyl (C=O) groups is 1. The molecule has 5 nitrogen and oxygen atoms in total. The van der Waals surface area contributed by atoms with Crippen molar-refractivity contribution in [2.75, 3.05) is 32.5 Å². The van der Waals surface area contributed by atoms with E-state index in [0.717, 1.165) is 19.4 Å². The van der Waals surface area contributed by atoms with Gasteiger partial charge in [0.15, 0.2) is 0 Å². The van der Waals surface area contributed by atoms with Gasteiger partial charge < -0.3 is 20.1 Å². The molecule has 0 aliphatic heterocycles. The molecule has 0 amide bonds. The van der Waals surface area contributed by atoms with Crippen LogP contribution in [0.3, 0.4) is 0 Å². The van der Waals surface area contributed by atoms with Crippen molar-refractivity contribution in [3.63, 3.8) is 0 Å². The van der Waals surface area contributed by atoms with Crippen LogP contribution in [0.2, 0.25) is 0 Å². The SMILES string of the molecule is CCCOc1cc(N)ccc1C(=O)OC[C@H](CC(C)C)N(C)CC. The van der Waals surface area contributed by atoms with E-state index in [0.29, 0.717) is 36.1 Å². The van der Waals surface area contributed by atoms with Gasteiger partial charge in [-0.3, -0.25) is 0 Å². The predicted molar refractivity (Wildman–Crippen MR) is 98.5 cm³/mol. The van der Waals surface area contributed by atoms with E-state index in [1.165, 1.54) is 0 Å². The normalized spacial score (nSPS) is 12.5. The van der Waals surface area contributed by atoms with E-state index in [-0.39, 0.29) is 12.0 Å². The van der Waals surface area contributed by atoms with Gasteiger partial charge in [-0.1, -0.05) is 27.7 Å². The van der Waals surface area contributed by atoms with Crippen LogP contribution in [0.25, 0.3) is 0 Å². The van der Waals surface area contributed by atoms with Crippen molar-refractivity contribution in [3.8, 4) is 5.75 Å². The summed E-state index contributed by atoms with van der Waals surface area (Å²) in [7, 11) is 2.06. The second-order valence-corrected chi connectivity index (χ2v) is 6.56. The molecule has 0 radical (unpaired) electrons. The number of nitrogen functional groups attached to an aromatic ring is 1. The molecule has 1 atom stereocenters. The second kappa shape index (κ2) is 10.2. The second-order valence-electron chi connectivity index (χ2n) is 6.56. The Morgan fingerprint density at radius 2 is 2.00 bits per heavy atom. The third kappa shape index (κ3) is 6.40. The quantitative estimate of drug-likeness (QED) is 0.522. The predicted octanol–water partition coefficient (Wildman–Crippen LogP) is 3.58. The number of anilines is 1. The maximum absolute atomic E-state index is 12.5. The molecule has 0 bridgehead atoms. The average molecular weight is 336 g/mol. The van der Waals surface area contributed by atoms with E-state index in [4.69, 9.17) is 15.2 Å². The number of nitrogens with zero attached hydrogens (tertiary/aromatic N) is 1. The average Bonchev–Trinajstić information content (AvgIpc) is 2.55. The van der Waals surface area contributed by atoms with Crippen molar-refractivity contribution in [1.82, 2.24) is 4.90 Å². The van der Waals surface area contributed by atoms with Crippen LogP contribution in [0.4, 0.5) is 5.69 Å². The maximum Gasteiger partial charge on any atom is 0.341 e. The van der Waals surface area contributed by atoms with Crippen LogP contribution in [0.15, 0.2) is 18.2 Å². The molecule has 136 valence electrons. The fraction of sp³-hybridized carbons (Fsp3) is 0.632. The highest BCUT2D eigenvalue weighted by Gasteiger charge is 2.20. The van der Waals surface area contributed by atoms with Crippen molar-refractivity contribution in [2.24, 2.45) is 5.92 Å². The highest BCUT2D eigenvalue weighted by atomic mass is 16.5. The van der Waals surface area contributed by atoms with Gasteiger partial charge in [0.05, 0.1) is 6.61 Å². The van der Waals surface area contributed by atoms with Crippen LogP contribution in [0.5, 0.6) is 5.75 Å². The van der Waals surface area contributed by atoms with Gasteiger partial charge in [0, 0.05) is 17.8 Å². The van der Waals surface area contributed by atoms with Gasteiger partial charge in [-0.25, -0.2) is 4.79 Å². The van der Waals surface area contributed by atoms with E-state index in [9.17, 15) is 4.79 Å². The van der Waals surface area contributed by atoms with Crippen molar-refractivity contribution in [2.45, 2.75) is 46.6 Å². The monoisotopic (exact) mass is 336 g/mol. The van der Waals surface area contributed by atoms with Gasteiger partial charge in [-0.15, -0.1) is 0 Å². The van der Waals surface area contributed by atoms with Crippen LogP contribution < -0.4 is 10.5 Å². The first-order valence-corrected chi connectivity index (χ1v) is 8.78. The van der Waals surface area contributed by atoms with Crippen molar-refractivity contribution < 1.29 is 14.3 Å². The molecule has 5 heteroatoms. The standard InChI is InChI=1S/C19H32N2O3/c1-6-10-23-18-12-15(20)8-9-17(18)19(22)24-13-16(11-14(3)4)21(5)7-2/h8-9,12,14,16H,6-7,10-11,13,20H2,1-5H3/t16-/m0/s1. The molecule has 0 aromatic heterocycles. The Morgan fingerprint density at radius 1 is 1.29 bits per heavy atom. The topological polar surface area (TPSA) is 64.8 Å². The number of benzene rings is 1.